The van der Waals surface area contributed by atoms with Gasteiger partial charge in [0.25, 0.3) is 0 Å². The van der Waals surface area contributed by atoms with Crippen LogP contribution >= 0.6 is 0 Å². The Hall–Kier alpha value is -0.120. The molecule has 3 N–H and O–H groups in total. The van der Waals surface area contributed by atoms with Crippen LogP contribution in [0, 0.1) is 0 Å². The van der Waals surface area contributed by atoms with Crippen molar-refractivity contribution in [3.05, 3.63) is 0 Å². The predicted molar refractivity (Wildman–Crippen MR) is 36.3 cm³/mol. The van der Waals surface area contributed by atoms with Crippen molar-refractivity contribution in [1.29, 1.82) is 0 Å². The Kier molecular flexibility index (Phi) is 2.97. The molecule has 1 fully saturated rings. The smallest absolute Gasteiger partial charge is 0.0823 e. The van der Waals surface area contributed by atoms with E-state index >= 15 is 0 Å². The first-order chi connectivity index (χ1) is 4.43. The molecule has 3 heteroatoms. The van der Waals surface area contributed by atoms with Gasteiger partial charge in [-0.05, 0) is 13.0 Å². The number of ether oxygens (including phenoxy) is 1. The minimum atomic E-state index is 0.469. The number of rotatable bonds is 4. The Labute approximate surface area is 55.6 Å². The summed E-state index contributed by atoms with van der Waals surface area (Å²) in [5.41, 5.74) is 5.28. The lowest BCUT2D eigenvalue weighted by Crippen LogP contribution is -2.48. The molecule has 0 bridgehead atoms. The van der Waals surface area contributed by atoms with Gasteiger partial charge >= 0.3 is 0 Å². The van der Waals surface area contributed by atoms with Gasteiger partial charge in [0.15, 0.2) is 0 Å². The first-order valence-corrected chi connectivity index (χ1v) is 3.46. The summed E-state index contributed by atoms with van der Waals surface area (Å²) in [4.78, 5) is 0. The van der Waals surface area contributed by atoms with Crippen molar-refractivity contribution in [2.45, 2.75) is 12.5 Å². The maximum atomic E-state index is 5.38. The fourth-order valence-corrected chi connectivity index (χ4v) is 0.713. The second-order valence-corrected chi connectivity index (χ2v) is 2.29. The fraction of sp³-hybridized carbons (Fsp3) is 1.00. The van der Waals surface area contributed by atoms with E-state index in [1.54, 1.807) is 0 Å². The molecule has 1 rings (SSSR count). The highest BCUT2D eigenvalue weighted by atomic mass is 16.5. The van der Waals surface area contributed by atoms with Gasteiger partial charge in [-0.1, -0.05) is 0 Å². The molecule has 0 amide bonds. The Bertz CT molecular complexity index is 73.5. The average Bonchev–Trinajstić information content (AvgIpc) is 1.76. The lowest BCUT2D eigenvalue weighted by atomic mass is 10.2. The van der Waals surface area contributed by atoms with Crippen LogP contribution in [0.3, 0.4) is 0 Å². The van der Waals surface area contributed by atoms with Gasteiger partial charge in [-0.25, -0.2) is 0 Å². The van der Waals surface area contributed by atoms with Crippen molar-refractivity contribution in [1.82, 2.24) is 5.32 Å². The second kappa shape index (κ2) is 3.82. The van der Waals surface area contributed by atoms with Gasteiger partial charge in [0.1, 0.15) is 0 Å². The highest BCUT2D eigenvalue weighted by Gasteiger charge is 2.15. The summed E-state index contributed by atoms with van der Waals surface area (Å²) in [6, 6.07) is 0. The van der Waals surface area contributed by atoms with Gasteiger partial charge in [0.05, 0.1) is 6.10 Å². The maximum Gasteiger partial charge on any atom is 0.0823 e. The molecule has 1 aliphatic rings. The Morgan fingerprint density at radius 2 is 2.33 bits per heavy atom. The Morgan fingerprint density at radius 1 is 1.56 bits per heavy atom. The molecule has 0 atom stereocenters. The standard InChI is InChI=1S/C6H14N2O/c7-2-1-3-9-6-4-8-5-6/h6,8H,1-5,7H2. The molecule has 0 radical (unpaired) electrons. The zero-order valence-electron chi connectivity index (χ0n) is 5.60. The lowest BCUT2D eigenvalue weighted by Gasteiger charge is -2.26. The van der Waals surface area contributed by atoms with Crippen molar-refractivity contribution in [3.63, 3.8) is 0 Å². The summed E-state index contributed by atoms with van der Waals surface area (Å²) in [7, 11) is 0. The van der Waals surface area contributed by atoms with E-state index in [-0.39, 0.29) is 0 Å². The molecule has 9 heavy (non-hydrogen) atoms. The highest BCUT2D eigenvalue weighted by Crippen LogP contribution is 1.97. The average molecular weight is 130 g/mol. The van der Waals surface area contributed by atoms with Gasteiger partial charge in [0.2, 0.25) is 0 Å². The summed E-state index contributed by atoms with van der Waals surface area (Å²) in [6.45, 7) is 3.60. The second-order valence-electron chi connectivity index (χ2n) is 2.29. The van der Waals surface area contributed by atoms with E-state index in [9.17, 15) is 0 Å². The molecule has 1 heterocycles. The third-order valence-electron chi connectivity index (χ3n) is 1.45. The summed E-state index contributed by atoms with van der Waals surface area (Å²) in [5.74, 6) is 0. The summed E-state index contributed by atoms with van der Waals surface area (Å²) >= 11 is 0. The van der Waals surface area contributed by atoms with E-state index in [2.05, 4.69) is 5.32 Å². The monoisotopic (exact) mass is 130 g/mol. The van der Waals surface area contributed by atoms with Crippen LogP contribution in [0.2, 0.25) is 0 Å². The highest BCUT2D eigenvalue weighted by molar-refractivity contribution is 4.74. The van der Waals surface area contributed by atoms with Crippen molar-refractivity contribution < 1.29 is 4.74 Å². The van der Waals surface area contributed by atoms with Gasteiger partial charge in [-0.15, -0.1) is 0 Å². The van der Waals surface area contributed by atoms with Crippen LogP contribution in [0.1, 0.15) is 6.42 Å². The normalized spacial score (nSPS) is 19.7. The van der Waals surface area contributed by atoms with Crippen LogP contribution in [0.5, 0.6) is 0 Å². The van der Waals surface area contributed by atoms with Crippen molar-refractivity contribution in [3.8, 4) is 0 Å². The first-order valence-electron chi connectivity index (χ1n) is 3.46. The van der Waals surface area contributed by atoms with E-state index in [4.69, 9.17) is 10.5 Å². The molecular formula is C6H14N2O. The minimum Gasteiger partial charge on any atom is -0.376 e. The maximum absolute atomic E-state index is 5.38. The van der Waals surface area contributed by atoms with Gasteiger partial charge < -0.3 is 15.8 Å². The van der Waals surface area contributed by atoms with Crippen LogP contribution in [0.25, 0.3) is 0 Å². The SMILES string of the molecule is NCCCOC1CNC1. The van der Waals surface area contributed by atoms with Gasteiger partial charge in [-0.2, -0.15) is 0 Å². The molecule has 0 aromatic heterocycles. The topological polar surface area (TPSA) is 47.3 Å². The molecule has 0 aliphatic carbocycles. The molecule has 0 aromatic carbocycles. The van der Waals surface area contributed by atoms with E-state index in [1.165, 1.54) is 0 Å². The lowest BCUT2D eigenvalue weighted by molar-refractivity contribution is 0.0186. The van der Waals surface area contributed by atoms with Crippen LogP contribution in [0.4, 0.5) is 0 Å². The number of hydrogen-bond acceptors (Lipinski definition) is 3. The van der Waals surface area contributed by atoms with Gasteiger partial charge in [-0.3, -0.25) is 0 Å². The molecule has 3 nitrogen and oxygen atoms in total. The summed E-state index contributed by atoms with van der Waals surface area (Å²) in [6.07, 6.45) is 1.45. The Morgan fingerprint density at radius 3 is 2.78 bits per heavy atom. The third kappa shape index (κ3) is 2.30. The quantitative estimate of drug-likeness (QED) is 0.496. The molecule has 0 saturated carbocycles. The van der Waals surface area contributed by atoms with E-state index in [1.807, 2.05) is 0 Å². The van der Waals surface area contributed by atoms with E-state index < -0.39 is 0 Å². The molecule has 1 aliphatic heterocycles. The third-order valence-corrected chi connectivity index (χ3v) is 1.45. The summed E-state index contributed by atoms with van der Waals surface area (Å²) in [5, 5.41) is 3.13. The van der Waals surface area contributed by atoms with Crippen LogP contribution in [-0.2, 0) is 4.74 Å². The van der Waals surface area contributed by atoms with Crippen molar-refractivity contribution >= 4 is 0 Å². The van der Waals surface area contributed by atoms with Crippen LogP contribution < -0.4 is 11.1 Å². The minimum absolute atomic E-state index is 0.469. The van der Waals surface area contributed by atoms with Crippen molar-refractivity contribution in [2.24, 2.45) is 5.73 Å². The fourth-order valence-electron chi connectivity index (χ4n) is 0.713. The van der Waals surface area contributed by atoms with Crippen molar-refractivity contribution in [2.75, 3.05) is 26.2 Å². The largest absolute Gasteiger partial charge is 0.376 e. The zero-order chi connectivity index (χ0) is 6.53. The zero-order valence-corrected chi connectivity index (χ0v) is 5.60. The number of nitrogens with two attached hydrogens (primary N) is 1. The molecule has 54 valence electrons. The van der Waals surface area contributed by atoms with E-state index in [0.717, 1.165) is 32.7 Å². The first kappa shape index (κ1) is 6.99. The van der Waals surface area contributed by atoms with Crippen LogP contribution in [-0.4, -0.2) is 32.3 Å². The molecule has 0 unspecified atom stereocenters. The number of hydrogen-bond donors (Lipinski definition) is 2. The van der Waals surface area contributed by atoms with E-state index in [0.29, 0.717) is 6.10 Å². The van der Waals surface area contributed by atoms with Gasteiger partial charge in [0, 0.05) is 19.7 Å². The number of nitrogens with one attached hydrogen (secondary N) is 1. The molecule has 0 aromatic rings. The molecule has 0 spiro atoms. The summed E-state index contributed by atoms with van der Waals surface area (Å²) < 4.78 is 5.38. The Balaban J connectivity index is 1.80. The molecular weight excluding hydrogens is 116 g/mol. The molecule has 1 saturated heterocycles. The predicted octanol–water partition coefficient (Wildman–Crippen LogP) is -0.676. The van der Waals surface area contributed by atoms with Crippen LogP contribution in [0.15, 0.2) is 0 Å².